The molecule has 1 atom stereocenters. The van der Waals surface area contributed by atoms with Crippen molar-refractivity contribution in [2.75, 3.05) is 49.1 Å². The number of rotatable bonds is 5. The van der Waals surface area contributed by atoms with Crippen LogP contribution in [-0.2, 0) is 4.74 Å². The summed E-state index contributed by atoms with van der Waals surface area (Å²) in [6.45, 7) is 9.00. The minimum Gasteiger partial charge on any atom is -0.462 e. The highest BCUT2D eigenvalue weighted by Crippen LogP contribution is 2.34. The zero-order valence-corrected chi connectivity index (χ0v) is 17.9. The maximum atomic E-state index is 12.6. The molecule has 9 heteroatoms. The van der Waals surface area contributed by atoms with Crippen LogP contribution < -0.4 is 15.1 Å². The number of nitrogens with zero attached hydrogens (tertiary/aromatic N) is 5. The summed E-state index contributed by atoms with van der Waals surface area (Å²) in [6, 6.07) is 0.422. The van der Waals surface area contributed by atoms with Crippen LogP contribution in [0.3, 0.4) is 0 Å². The predicted octanol–water partition coefficient (Wildman–Crippen LogP) is 2.57. The molecule has 0 bridgehead atoms. The molecule has 0 radical (unpaired) electrons. The molecule has 1 N–H and O–H groups in total. The van der Waals surface area contributed by atoms with E-state index in [9.17, 15) is 4.79 Å². The second-order valence-electron chi connectivity index (χ2n) is 7.50. The van der Waals surface area contributed by atoms with Crippen molar-refractivity contribution in [1.82, 2.24) is 20.3 Å². The first-order valence-electron chi connectivity index (χ1n) is 10.4. The van der Waals surface area contributed by atoms with Gasteiger partial charge in [-0.1, -0.05) is 11.3 Å². The van der Waals surface area contributed by atoms with E-state index in [1.165, 1.54) is 17.8 Å². The van der Waals surface area contributed by atoms with Crippen molar-refractivity contribution >= 4 is 28.3 Å². The summed E-state index contributed by atoms with van der Waals surface area (Å²) in [5.41, 5.74) is 1.18. The fourth-order valence-electron chi connectivity index (χ4n) is 3.79. The highest BCUT2D eigenvalue weighted by atomic mass is 32.1. The molecule has 2 aliphatic heterocycles. The van der Waals surface area contributed by atoms with Crippen LogP contribution >= 0.6 is 11.3 Å². The molecule has 0 aromatic carbocycles. The fraction of sp³-hybridized carbons (Fsp3) is 0.600. The summed E-state index contributed by atoms with van der Waals surface area (Å²) in [4.78, 5) is 31.5. The maximum Gasteiger partial charge on any atom is 0.350 e. The van der Waals surface area contributed by atoms with Gasteiger partial charge in [0.1, 0.15) is 22.1 Å². The van der Waals surface area contributed by atoms with Gasteiger partial charge >= 0.3 is 5.97 Å². The highest BCUT2D eigenvalue weighted by molar-refractivity contribution is 7.17. The standard InChI is InChI=1S/C20H28N6O2S/c1-3-28-19(27)18-17(24-20(29-18)25-8-5-4-6-9-25)15-11-23-16(12-22-15)26-10-7-21-14(2)13-26/h11-12,14,21H,3-10,13H2,1-2H3/t14-/m1/s1. The maximum absolute atomic E-state index is 12.6. The Kier molecular flexibility index (Phi) is 6.25. The monoisotopic (exact) mass is 416 g/mol. The molecule has 0 amide bonds. The van der Waals surface area contributed by atoms with Crippen molar-refractivity contribution in [3.63, 3.8) is 0 Å². The smallest absolute Gasteiger partial charge is 0.350 e. The fourth-order valence-corrected chi connectivity index (χ4v) is 4.81. The minimum atomic E-state index is -0.343. The topological polar surface area (TPSA) is 83.5 Å². The first-order chi connectivity index (χ1) is 14.2. The average molecular weight is 417 g/mol. The van der Waals surface area contributed by atoms with Crippen molar-refractivity contribution in [2.24, 2.45) is 0 Å². The molecule has 4 rings (SSSR count). The van der Waals surface area contributed by atoms with E-state index in [4.69, 9.17) is 9.72 Å². The van der Waals surface area contributed by atoms with Gasteiger partial charge in [0.2, 0.25) is 0 Å². The lowest BCUT2D eigenvalue weighted by atomic mass is 10.1. The molecular formula is C20H28N6O2S. The quantitative estimate of drug-likeness (QED) is 0.745. The first-order valence-corrected chi connectivity index (χ1v) is 11.2. The lowest BCUT2D eigenvalue weighted by Crippen LogP contribution is -2.49. The van der Waals surface area contributed by atoms with E-state index >= 15 is 0 Å². The second kappa shape index (κ2) is 9.04. The van der Waals surface area contributed by atoms with Crippen molar-refractivity contribution < 1.29 is 9.53 Å². The van der Waals surface area contributed by atoms with Crippen LogP contribution in [0.1, 0.15) is 42.8 Å². The number of piperidine rings is 1. The van der Waals surface area contributed by atoms with Crippen molar-refractivity contribution in [2.45, 2.75) is 39.2 Å². The number of carbonyl (C=O) groups is 1. The van der Waals surface area contributed by atoms with Crippen LogP contribution in [0.4, 0.5) is 10.9 Å². The predicted molar refractivity (Wildman–Crippen MR) is 115 cm³/mol. The Labute approximate surface area is 175 Å². The van der Waals surface area contributed by atoms with E-state index in [1.807, 2.05) is 6.92 Å². The summed E-state index contributed by atoms with van der Waals surface area (Å²) < 4.78 is 5.27. The third-order valence-corrected chi connectivity index (χ3v) is 6.37. The van der Waals surface area contributed by atoms with E-state index in [2.05, 4.69) is 32.0 Å². The molecule has 156 valence electrons. The van der Waals surface area contributed by atoms with Crippen LogP contribution in [0, 0.1) is 0 Å². The van der Waals surface area contributed by atoms with E-state index in [-0.39, 0.29) is 5.97 Å². The molecule has 0 spiro atoms. The van der Waals surface area contributed by atoms with Gasteiger partial charge < -0.3 is 19.9 Å². The van der Waals surface area contributed by atoms with Crippen molar-refractivity contribution in [3.8, 4) is 11.4 Å². The van der Waals surface area contributed by atoms with Crippen LogP contribution in [0.15, 0.2) is 12.4 Å². The van der Waals surface area contributed by atoms with Gasteiger partial charge in [-0.15, -0.1) is 0 Å². The Bertz CT molecular complexity index is 834. The van der Waals surface area contributed by atoms with Crippen molar-refractivity contribution in [1.29, 1.82) is 0 Å². The van der Waals surface area contributed by atoms with Gasteiger partial charge in [0.25, 0.3) is 0 Å². The largest absolute Gasteiger partial charge is 0.462 e. The molecule has 2 aliphatic rings. The molecule has 8 nitrogen and oxygen atoms in total. The second-order valence-corrected chi connectivity index (χ2v) is 8.48. The van der Waals surface area contributed by atoms with Crippen LogP contribution in [0.25, 0.3) is 11.4 Å². The van der Waals surface area contributed by atoms with Crippen molar-refractivity contribution in [3.05, 3.63) is 17.3 Å². The van der Waals surface area contributed by atoms with E-state index < -0.39 is 0 Å². The number of nitrogens with one attached hydrogen (secondary N) is 1. The lowest BCUT2D eigenvalue weighted by molar-refractivity contribution is 0.0532. The van der Waals surface area contributed by atoms with E-state index in [0.717, 1.165) is 56.5 Å². The molecule has 0 saturated carbocycles. The Balaban J connectivity index is 1.61. The van der Waals surface area contributed by atoms with Gasteiger partial charge in [0, 0.05) is 38.8 Å². The Hall–Kier alpha value is -2.26. The number of piperazine rings is 1. The average Bonchev–Trinajstić information content (AvgIpc) is 3.20. The summed E-state index contributed by atoms with van der Waals surface area (Å²) in [7, 11) is 0. The molecular weight excluding hydrogens is 388 g/mol. The third kappa shape index (κ3) is 4.51. The van der Waals surface area contributed by atoms with E-state index in [0.29, 0.717) is 28.9 Å². The number of ether oxygens (including phenoxy) is 1. The SMILES string of the molecule is CCOC(=O)c1sc(N2CCCCC2)nc1-c1cnc(N2CCN[C@H](C)C2)cn1. The normalized spacial score (nSPS) is 20.0. The van der Waals surface area contributed by atoms with Crippen LogP contribution in [0.2, 0.25) is 0 Å². The minimum absolute atomic E-state index is 0.334. The number of esters is 1. The number of hydrogen-bond donors (Lipinski definition) is 1. The van der Waals surface area contributed by atoms with Crippen LogP contribution in [-0.4, -0.2) is 66.3 Å². The number of thiazole rings is 1. The Morgan fingerprint density at radius 3 is 2.72 bits per heavy atom. The van der Waals surface area contributed by atoms with Crippen LogP contribution in [0.5, 0.6) is 0 Å². The lowest BCUT2D eigenvalue weighted by Gasteiger charge is -2.32. The molecule has 2 saturated heterocycles. The molecule has 2 aromatic heterocycles. The molecule has 0 aliphatic carbocycles. The highest BCUT2D eigenvalue weighted by Gasteiger charge is 2.25. The molecule has 4 heterocycles. The van der Waals surface area contributed by atoms with E-state index in [1.54, 1.807) is 12.4 Å². The van der Waals surface area contributed by atoms with Gasteiger partial charge in [0.05, 0.1) is 19.0 Å². The number of carbonyl (C=O) groups excluding carboxylic acids is 1. The summed E-state index contributed by atoms with van der Waals surface area (Å²) >= 11 is 1.40. The summed E-state index contributed by atoms with van der Waals surface area (Å²) in [5, 5.41) is 4.30. The van der Waals surface area contributed by atoms with Gasteiger partial charge in [-0.2, -0.15) is 0 Å². The molecule has 29 heavy (non-hydrogen) atoms. The zero-order chi connectivity index (χ0) is 20.2. The first kappa shape index (κ1) is 20.0. The molecule has 2 fully saturated rings. The summed E-state index contributed by atoms with van der Waals surface area (Å²) in [5.74, 6) is 0.510. The molecule has 0 unspecified atom stereocenters. The third-order valence-electron chi connectivity index (χ3n) is 5.28. The van der Waals surface area contributed by atoms with Gasteiger partial charge in [-0.05, 0) is 33.1 Å². The van der Waals surface area contributed by atoms with Gasteiger partial charge in [-0.25, -0.2) is 19.7 Å². The Morgan fingerprint density at radius 2 is 2.03 bits per heavy atom. The Morgan fingerprint density at radius 1 is 1.21 bits per heavy atom. The van der Waals surface area contributed by atoms with Gasteiger partial charge in [-0.3, -0.25) is 0 Å². The zero-order valence-electron chi connectivity index (χ0n) is 17.1. The number of aromatic nitrogens is 3. The molecule has 2 aromatic rings. The number of anilines is 2. The summed E-state index contributed by atoms with van der Waals surface area (Å²) in [6.07, 6.45) is 7.06. The number of hydrogen-bond acceptors (Lipinski definition) is 9. The van der Waals surface area contributed by atoms with Gasteiger partial charge in [0.15, 0.2) is 5.13 Å².